The van der Waals surface area contributed by atoms with Crippen LogP contribution in [0.1, 0.15) is 25.9 Å². The predicted octanol–water partition coefficient (Wildman–Crippen LogP) is 4.11. The Hall–Kier alpha value is -3.18. The van der Waals surface area contributed by atoms with Crippen LogP contribution in [0.15, 0.2) is 36.4 Å². The molecule has 11 heteroatoms. The summed E-state index contributed by atoms with van der Waals surface area (Å²) in [5.41, 5.74) is 0.962. The van der Waals surface area contributed by atoms with Gasteiger partial charge in [-0.1, -0.05) is 12.1 Å². The van der Waals surface area contributed by atoms with Gasteiger partial charge in [0.2, 0.25) is 0 Å². The van der Waals surface area contributed by atoms with Crippen molar-refractivity contribution in [1.29, 1.82) is 0 Å². The highest BCUT2D eigenvalue weighted by atomic mass is 32.2. The van der Waals surface area contributed by atoms with E-state index in [0.717, 1.165) is 12.1 Å². The van der Waals surface area contributed by atoms with Crippen molar-refractivity contribution in [1.82, 2.24) is 15.2 Å². The largest absolute Gasteiger partial charge is 0.486 e. The molecule has 7 nitrogen and oxygen atoms in total. The van der Waals surface area contributed by atoms with Crippen molar-refractivity contribution in [3.8, 4) is 21.9 Å². The average Bonchev–Trinajstić information content (AvgIpc) is 3.50. The summed E-state index contributed by atoms with van der Waals surface area (Å²) in [6, 6.07) is 8.69. The third-order valence-corrected chi connectivity index (χ3v) is 7.86. The number of ether oxygens (including phenoxy) is 2. The van der Waals surface area contributed by atoms with E-state index >= 15 is 0 Å². The Bertz CT molecular complexity index is 1300. The number of thiazole rings is 1. The number of para-hydroxylation sites is 1. The van der Waals surface area contributed by atoms with E-state index in [4.69, 9.17) is 9.47 Å². The molecule has 2 amide bonds. The predicted molar refractivity (Wildman–Crippen MR) is 129 cm³/mol. The van der Waals surface area contributed by atoms with E-state index in [1.165, 1.54) is 17.4 Å². The van der Waals surface area contributed by atoms with Gasteiger partial charge in [-0.15, -0.1) is 23.1 Å². The number of carbonyl (C=O) groups is 2. The molecule has 3 aromatic rings. The van der Waals surface area contributed by atoms with Crippen LogP contribution < -0.4 is 14.8 Å². The van der Waals surface area contributed by atoms with Gasteiger partial charge in [0.15, 0.2) is 23.1 Å². The highest BCUT2D eigenvalue weighted by Crippen LogP contribution is 2.35. The second kappa shape index (κ2) is 9.82. The first-order valence-corrected chi connectivity index (χ1v) is 12.8. The van der Waals surface area contributed by atoms with E-state index < -0.39 is 11.6 Å². The summed E-state index contributed by atoms with van der Waals surface area (Å²) in [5.74, 6) is -0.926. The lowest BCUT2D eigenvalue weighted by atomic mass is 10.1. The van der Waals surface area contributed by atoms with Crippen LogP contribution in [0.3, 0.4) is 0 Å². The smallest absolute Gasteiger partial charge is 0.274 e. The van der Waals surface area contributed by atoms with Crippen molar-refractivity contribution >= 4 is 34.9 Å². The number of rotatable bonds is 5. The molecule has 0 spiro atoms. The van der Waals surface area contributed by atoms with Gasteiger partial charge >= 0.3 is 0 Å². The minimum atomic E-state index is -0.984. The lowest BCUT2D eigenvalue weighted by Gasteiger charge is -2.24. The first-order chi connectivity index (χ1) is 16.9. The van der Waals surface area contributed by atoms with Crippen molar-refractivity contribution in [2.75, 3.05) is 32.1 Å². The zero-order valence-electron chi connectivity index (χ0n) is 18.7. The number of aryl methyl sites for hydroxylation is 1. The molecule has 1 atom stereocenters. The lowest BCUT2D eigenvalue weighted by molar-refractivity contribution is 0.0746. The van der Waals surface area contributed by atoms with Crippen molar-refractivity contribution in [2.24, 2.45) is 0 Å². The quantitative estimate of drug-likeness (QED) is 0.549. The van der Waals surface area contributed by atoms with Crippen molar-refractivity contribution in [3.63, 3.8) is 0 Å². The maximum absolute atomic E-state index is 13.8. The summed E-state index contributed by atoms with van der Waals surface area (Å²) >= 11 is 2.80. The zero-order chi connectivity index (χ0) is 24.5. The molecule has 2 aliphatic rings. The number of aromatic nitrogens is 1. The van der Waals surface area contributed by atoms with Gasteiger partial charge in [-0.05, 0) is 36.8 Å². The molecule has 3 heterocycles. The molecule has 1 unspecified atom stereocenters. The first kappa shape index (κ1) is 23.6. The van der Waals surface area contributed by atoms with Crippen LogP contribution in [0.25, 0.3) is 10.4 Å². The second-order valence-electron chi connectivity index (χ2n) is 7.90. The standard InChI is InChI=1S/C24H21F2N3O4S2/c1-13-28-20(22(35-13)14-5-6-16(25)17(26)11-14)24(31)29-7-10-34-19(29)12-27-23(30)15-3-2-4-18-21(15)33-9-8-32-18/h2-6,11,19H,7-10,12H2,1H3,(H,27,30). The fraction of sp³-hybridized carbons (Fsp3) is 0.292. The van der Waals surface area contributed by atoms with Crippen LogP contribution in [-0.2, 0) is 0 Å². The van der Waals surface area contributed by atoms with Crippen LogP contribution in [-0.4, -0.2) is 59.1 Å². The molecule has 0 aliphatic carbocycles. The normalized spacial score (nSPS) is 16.9. The van der Waals surface area contributed by atoms with E-state index in [1.807, 2.05) is 0 Å². The van der Waals surface area contributed by atoms with Gasteiger partial charge in [-0.2, -0.15) is 0 Å². The monoisotopic (exact) mass is 517 g/mol. The summed E-state index contributed by atoms with van der Waals surface area (Å²) < 4.78 is 38.4. The third kappa shape index (κ3) is 4.70. The van der Waals surface area contributed by atoms with Gasteiger partial charge < -0.3 is 19.7 Å². The highest BCUT2D eigenvalue weighted by molar-refractivity contribution is 8.00. The van der Waals surface area contributed by atoms with E-state index in [-0.39, 0.29) is 29.4 Å². The molecule has 2 aliphatic heterocycles. The number of hydrogen-bond acceptors (Lipinski definition) is 7. The highest BCUT2D eigenvalue weighted by Gasteiger charge is 2.34. The number of benzene rings is 2. The molecule has 5 rings (SSSR count). The fourth-order valence-corrected chi connectivity index (χ4v) is 6.05. The van der Waals surface area contributed by atoms with Crippen LogP contribution in [0.2, 0.25) is 0 Å². The molecule has 1 N–H and O–H groups in total. The number of carbonyl (C=O) groups excluding carboxylic acids is 2. The molecular weight excluding hydrogens is 496 g/mol. The minimum absolute atomic E-state index is 0.194. The maximum Gasteiger partial charge on any atom is 0.274 e. The topological polar surface area (TPSA) is 80.8 Å². The second-order valence-corrected chi connectivity index (χ2v) is 10.4. The van der Waals surface area contributed by atoms with Crippen LogP contribution in [0, 0.1) is 18.6 Å². The maximum atomic E-state index is 13.8. The van der Waals surface area contributed by atoms with Gasteiger partial charge in [0.05, 0.1) is 20.8 Å². The average molecular weight is 518 g/mol. The van der Waals surface area contributed by atoms with E-state index in [2.05, 4.69) is 10.3 Å². The summed E-state index contributed by atoms with van der Waals surface area (Å²) in [5, 5.41) is 3.23. The first-order valence-electron chi connectivity index (χ1n) is 10.9. The van der Waals surface area contributed by atoms with Gasteiger partial charge in [0, 0.05) is 18.8 Å². The van der Waals surface area contributed by atoms with Crippen LogP contribution in [0.4, 0.5) is 8.78 Å². The fourth-order valence-electron chi connectivity index (χ4n) is 3.99. The van der Waals surface area contributed by atoms with Gasteiger partial charge in [0.1, 0.15) is 18.9 Å². The number of amides is 2. The van der Waals surface area contributed by atoms with Gasteiger partial charge in [-0.25, -0.2) is 13.8 Å². The van der Waals surface area contributed by atoms with Gasteiger partial charge in [-0.3, -0.25) is 9.59 Å². The summed E-state index contributed by atoms with van der Waals surface area (Å²) in [7, 11) is 0. The van der Waals surface area contributed by atoms with Crippen LogP contribution >= 0.6 is 23.1 Å². The van der Waals surface area contributed by atoms with Crippen LogP contribution in [0.5, 0.6) is 11.5 Å². The Labute approximate surface area is 208 Å². The summed E-state index contributed by atoms with van der Waals surface area (Å²) in [6.07, 6.45) is 0. The molecule has 2 aromatic carbocycles. The SMILES string of the molecule is Cc1nc(C(=O)N2CCSC2CNC(=O)c2cccc3c2OCCO3)c(-c2ccc(F)c(F)c2)s1. The number of hydrogen-bond donors (Lipinski definition) is 1. The zero-order valence-corrected chi connectivity index (χ0v) is 20.3. The minimum Gasteiger partial charge on any atom is -0.486 e. The molecule has 1 saturated heterocycles. The number of nitrogens with one attached hydrogen (secondary N) is 1. The summed E-state index contributed by atoms with van der Waals surface area (Å²) in [4.78, 5) is 32.9. The molecule has 1 fully saturated rings. The van der Waals surface area contributed by atoms with Crippen molar-refractivity contribution in [3.05, 3.63) is 64.3 Å². The molecule has 182 valence electrons. The van der Waals surface area contributed by atoms with Crippen molar-refractivity contribution in [2.45, 2.75) is 12.3 Å². The third-order valence-electron chi connectivity index (χ3n) is 5.62. The molecular formula is C24H21F2N3O4S2. The number of nitrogens with zero attached hydrogens (tertiary/aromatic N) is 2. The molecule has 0 bridgehead atoms. The Morgan fingerprint density at radius 1 is 1.17 bits per heavy atom. The Morgan fingerprint density at radius 3 is 2.83 bits per heavy atom. The number of fused-ring (bicyclic) bond motifs is 1. The Balaban J connectivity index is 1.32. The Morgan fingerprint density at radius 2 is 2.00 bits per heavy atom. The molecule has 35 heavy (non-hydrogen) atoms. The Kier molecular flexibility index (Phi) is 6.61. The molecule has 1 aromatic heterocycles. The molecule has 0 radical (unpaired) electrons. The number of thioether (sulfide) groups is 1. The van der Waals surface area contributed by atoms with E-state index in [9.17, 15) is 18.4 Å². The van der Waals surface area contributed by atoms with E-state index in [0.29, 0.717) is 58.0 Å². The van der Waals surface area contributed by atoms with Gasteiger partial charge in [0.25, 0.3) is 11.8 Å². The number of halogens is 2. The lowest BCUT2D eigenvalue weighted by Crippen LogP contribution is -2.42. The summed E-state index contributed by atoms with van der Waals surface area (Å²) in [6.45, 7) is 3.26. The molecule has 0 saturated carbocycles. The van der Waals surface area contributed by atoms with E-state index in [1.54, 1.807) is 41.8 Å². The van der Waals surface area contributed by atoms with Crippen molar-refractivity contribution < 1.29 is 27.8 Å².